The van der Waals surface area contributed by atoms with Crippen molar-refractivity contribution in [1.29, 1.82) is 0 Å². The van der Waals surface area contributed by atoms with Crippen LogP contribution in [0.4, 0.5) is 5.69 Å². The van der Waals surface area contributed by atoms with Crippen LogP contribution in [0.1, 0.15) is 38.1 Å². The van der Waals surface area contributed by atoms with Crippen LogP contribution in [0.25, 0.3) is 0 Å². The van der Waals surface area contributed by atoms with Crippen LogP contribution in [-0.2, 0) is 4.74 Å². The number of benzene rings is 1. The lowest BCUT2D eigenvalue weighted by molar-refractivity contribution is 0.0379. The molecule has 1 N–H and O–H groups in total. The minimum Gasteiger partial charge on any atom is -0.459 e. The topological polar surface area (TPSA) is 38.3 Å². The first-order valence-electron chi connectivity index (χ1n) is 5.57. The van der Waals surface area contributed by atoms with E-state index in [1.807, 2.05) is 45.9 Å². The summed E-state index contributed by atoms with van der Waals surface area (Å²) in [5.41, 5.74) is 1.41. The number of para-hydroxylation sites is 1. The summed E-state index contributed by atoms with van der Waals surface area (Å²) in [6.07, 6.45) is -0.0976. The Morgan fingerprint density at radius 2 is 1.81 bits per heavy atom. The van der Waals surface area contributed by atoms with E-state index >= 15 is 0 Å². The van der Waals surface area contributed by atoms with Crippen LogP contribution in [-0.4, -0.2) is 18.1 Å². The molecule has 3 nitrogen and oxygen atoms in total. The largest absolute Gasteiger partial charge is 0.459 e. The molecule has 0 atom stereocenters. The molecule has 0 aliphatic rings. The van der Waals surface area contributed by atoms with Crippen LogP contribution in [0.15, 0.2) is 24.3 Å². The maximum atomic E-state index is 11.8. The predicted octanol–water partition coefficient (Wildman–Crippen LogP) is 3.07. The van der Waals surface area contributed by atoms with Crippen molar-refractivity contribution in [3.8, 4) is 0 Å². The van der Waals surface area contributed by atoms with Gasteiger partial charge in [-0.2, -0.15) is 0 Å². The number of ether oxygens (including phenoxy) is 1. The zero-order valence-corrected chi connectivity index (χ0v) is 10.3. The molecule has 1 rings (SSSR count). The quantitative estimate of drug-likeness (QED) is 0.794. The molecule has 1 aromatic rings. The van der Waals surface area contributed by atoms with Gasteiger partial charge in [-0.05, 0) is 39.8 Å². The fourth-order valence-electron chi connectivity index (χ4n) is 1.38. The molecule has 1 aromatic carbocycles. The molecule has 0 saturated carbocycles. The van der Waals surface area contributed by atoms with Crippen LogP contribution in [0.3, 0.4) is 0 Å². The highest BCUT2D eigenvalue weighted by Gasteiger charge is 2.13. The van der Waals surface area contributed by atoms with Gasteiger partial charge in [-0.3, -0.25) is 0 Å². The SMILES string of the molecule is CC(C)Nc1ccccc1C(=O)OC(C)C. The van der Waals surface area contributed by atoms with Crippen molar-refractivity contribution in [3.05, 3.63) is 29.8 Å². The first-order valence-corrected chi connectivity index (χ1v) is 5.57. The number of carbonyl (C=O) groups excluding carboxylic acids is 1. The number of anilines is 1. The average molecular weight is 221 g/mol. The number of esters is 1. The Morgan fingerprint density at radius 3 is 2.38 bits per heavy atom. The van der Waals surface area contributed by atoms with Crippen LogP contribution >= 0.6 is 0 Å². The summed E-state index contributed by atoms with van der Waals surface area (Å²) < 4.78 is 5.18. The standard InChI is InChI=1S/C13H19NO2/c1-9(2)14-12-8-6-5-7-11(12)13(15)16-10(3)4/h5-10,14H,1-4H3. The van der Waals surface area contributed by atoms with E-state index in [1.165, 1.54) is 0 Å². The van der Waals surface area contributed by atoms with E-state index in [2.05, 4.69) is 5.32 Å². The van der Waals surface area contributed by atoms with E-state index in [4.69, 9.17) is 4.74 Å². The normalized spacial score (nSPS) is 10.6. The maximum absolute atomic E-state index is 11.8. The summed E-state index contributed by atoms with van der Waals surface area (Å²) in [6.45, 7) is 7.75. The van der Waals surface area contributed by atoms with Gasteiger partial charge in [-0.25, -0.2) is 4.79 Å². The second kappa shape index (κ2) is 5.54. The summed E-state index contributed by atoms with van der Waals surface area (Å²) in [6, 6.07) is 7.68. The van der Waals surface area contributed by atoms with E-state index in [0.717, 1.165) is 5.69 Å². The molecule has 0 spiro atoms. The summed E-state index contributed by atoms with van der Waals surface area (Å²) >= 11 is 0. The van der Waals surface area contributed by atoms with Crippen LogP contribution in [0.5, 0.6) is 0 Å². The van der Waals surface area contributed by atoms with E-state index < -0.39 is 0 Å². The lowest BCUT2D eigenvalue weighted by atomic mass is 10.1. The fourth-order valence-corrected chi connectivity index (χ4v) is 1.38. The first-order chi connectivity index (χ1) is 7.50. The Labute approximate surface area is 96.8 Å². The Kier molecular flexibility index (Phi) is 4.35. The Hall–Kier alpha value is -1.51. The molecular weight excluding hydrogens is 202 g/mol. The third-order valence-corrected chi connectivity index (χ3v) is 1.93. The smallest absolute Gasteiger partial charge is 0.340 e. The van der Waals surface area contributed by atoms with Crippen molar-refractivity contribution >= 4 is 11.7 Å². The summed E-state index contributed by atoms with van der Waals surface area (Å²) in [4.78, 5) is 11.8. The highest BCUT2D eigenvalue weighted by atomic mass is 16.5. The monoisotopic (exact) mass is 221 g/mol. The zero-order valence-electron chi connectivity index (χ0n) is 10.3. The number of nitrogens with one attached hydrogen (secondary N) is 1. The van der Waals surface area contributed by atoms with Crippen LogP contribution < -0.4 is 5.32 Å². The van der Waals surface area contributed by atoms with Gasteiger partial charge in [0.25, 0.3) is 0 Å². The molecule has 0 fully saturated rings. The molecule has 0 aliphatic carbocycles. The van der Waals surface area contributed by atoms with Crippen molar-refractivity contribution in [2.24, 2.45) is 0 Å². The summed E-state index contributed by atoms with van der Waals surface area (Å²) in [5.74, 6) is -0.279. The third kappa shape index (κ3) is 3.57. The molecule has 0 aliphatic heterocycles. The van der Waals surface area contributed by atoms with E-state index in [-0.39, 0.29) is 18.1 Å². The molecule has 0 aromatic heterocycles. The second-order valence-corrected chi connectivity index (χ2v) is 4.30. The van der Waals surface area contributed by atoms with Crippen molar-refractivity contribution in [1.82, 2.24) is 0 Å². The zero-order chi connectivity index (χ0) is 12.1. The molecule has 0 heterocycles. The van der Waals surface area contributed by atoms with Crippen molar-refractivity contribution in [3.63, 3.8) is 0 Å². The van der Waals surface area contributed by atoms with Gasteiger partial charge in [0.05, 0.1) is 11.7 Å². The number of rotatable bonds is 4. The van der Waals surface area contributed by atoms with Gasteiger partial charge in [-0.15, -0.1) is 0 Å². The van der Waals surface area contributed by atoms with E-state index in [0.29, 0.717) is 5.56 Å². The minimum atomic E-state index is -0.279. The Bertz CT molecular complexity index is 359. The molecule has 0 amide bonds. The van der Waals surface area contributed by atoms with Crippen molar-refractivity contribution in [2.75, 3.05) is 5.32 Å². The lowest BCUT2D eigenvalue weighted by Gasteiger charge is -2.15. The van der Waals surface area contributed by atoms with Gasteiger partial charge in [0.15, 0.2) is 0 Å². The number of carbonyl (C=O) groups is 1. The van der Waals surface area contributed by atoms with Gasteiger partial charge in [-0.1, -0.05) is 12.1 Å². The van der Waals surface area contributed by atoms with Gasteiger partial charge in [0.1, 0.15) is 0 Å². The summed E-state index contributed by atoms with van der Waals surface area (Å²) in [7, 11) is 0. The molecule has 16 heavy (non-hydrogen) atoms. The molecule has 88 valence electrons. The minimum absolute atomic E-state index is 0.0976. The molecule has 0 unspecified atom stereocenters. The molecule has 0 radical (unpaired) electrons. The Morgan fingerprint density at radius 1 is 1.19 bits per heavy atom. The van der Waals surface area contributed by atoms with Crippen LogP contribution in [0, 0.1) is 0 Å². The van der Waals surface area contributed by atoms with E-state index in [1.54, 1.807) is 6.07 Å². The molecular formula is C13H19NO2. The van der Waals surface area contributed by atoms with E-state index in [9.17, 15) is 4.79 Å². The van der Waals surface area contributed by atoms with Crippen molar-refractivity contribution in [2.45, 2.75) is 39.8 Å². The van der Waals surface area contributed by atoms with Gasteiger partial charge >= 0.3 is 5.97 Å². The Balaban J connectivity index is 2.89. The summed E-state index contributed by atoms with van der Waals surface area (Å²) in [5, 5.41) is 3.23. The van der Waals surface area contributed by atoms with Gasteiger partial charge in [0, 0.05) is 11.7 Å². The molecule has 0 saturated heterocycles. The highest BCUT2D eigenvalue weighted by Crippen LogP contribution is 2.17. The number of hydrogen-bond donors (Lipinski definition) is 1. The van der Waals surface area contributed by atoms with Crippen LogP contribution in [0.2, 0.25) is 0 Å². The highest BCUT2D eigenvalue weighted by molar-refractivity contribution is 5.95. The fraction of sp³-hybridized carbons (Fsp3) is 0.462. The first kappa shape index (κ1) is 12.6. The second-order valence-electron chi connectivity index (χ2n) is 4.30. The molecule has 0 bridgehead atoms. The number of hydrogen-bond acceptors (Lipinski definition) is 3. The van der Waals surface area contributed by atoms with Gasteiger partial charge < -0.3 is 10.1 Å². The van der Waals surface area contributed by atoms with Crippen molar-refractivity contribution < 1.29 is 9.53 Å². The molecule has 3 heteroatoms. The predicted molar refractivity (Wildman–Crippen MR) is 65.8 cm³/mol. The third-order valence-electron chi connectivity index (χ3n) is 1.93. The maximum Gasteiger partial charge on any atom is 0.340 e. The average Bonchev–Trinajstić information content (AvgIpc) is 2.16. The van der Waals surface area contributed by atoms with Gasteiger partial charge in [0.2, 0.25) is 0 Å². The lowest BCUT2D eigenvalue weighted by Crippen LogP contribution is -2.16.